The van der Waals surface area contributed by atoms with Crippen molar-refractivity contribution in [1.29, 1.82) is 0 Å². The van der Waals surface area contributed by atoms with Gasteiger partial charge in [-0.2, -0.15) is 0 Å². The van der Waals surface area contributed by atoms with Crippen molar-refractivity contribution in [3.8, 4) is 0 Å². The van der Waals surface area contributed by atoms with Crippen LogP contribution in [-0.2, 0) is 9.53 Å². The Labute approximate surface area is 171 Å². The molecule has 0 spiro atoms. The molecule has 0 bridgehead atoms. The number of nitrogens with zero attached hydrogens (tertiary/aromatic N) is 3. The molecule has 3 aliphatic heterocycles. The second kappa shape index (κ2) is 9.12. The summed E-state index contributed by atoms with van der Waals surface area (Å²) in [7, 11) is 0. The second-order valence-corrected chi connectivity index (χ2v) is 8.80. The van der Waals surface area contributed by atoms with Gasteiger partial charge in [-0.05, 0) is 58.5 Å². The number of nitrogens with two attached hydrogens (primary N) is 1. The van der Waals surface area contributed by atoms with Crippen LogP contribution in [0, 0.1) is 5.92 Å². The lowest BCUT2D eigenvalue weighted by atomic mass is 9.95. The summed E-state index contributed by atoms with van der Waals surface area (Å²) in [6.45, 7) is 7.17. The number of likely N-dealkylation sites (tertiary alicyclic amines) is 3. The maximum atomic E-state index is 13.8. The van der Waals surface area contributed by atoms with E-state index in [0.717, 1.165) is 51.9 Å². The highest BCUT2D eigenvalue weighted by atomic mass is 19.3. The first-order valence-electron chi connectivity index (χ1n) is 10.8. The summed E-state index contributed by atoms with van der Waals surface area (Å²) in [6.07, 6.45) is 2.84. The van der Waals surface area contributed by atoms with Gasteiger partial charge in [-0.15, -0.1) is 0 Å². The molecule has 2 amide bonds. The predicted octanol–water partition coefficient (Wildman–Crippen LogP) is 1.90. The van der Waals surface area contributed by atoms with Gasteiger partial charge in [0, 0.05) is 31.6 Å². The van der Waals surface area contributed by atoms with Crippen LogP contribution in [-0.4, -0.2) is 90.1 Å². The number of carbonyl (C=O) groups excluding carboxylic acids is 2. The van der Waals surface area contributed by atoms with Crippen molar-refractivity contribution in [2.24, 2.45) is 11.7 Å². The van der Waals surface area contributed by atoms with Crippen molar-refractivity contribution in [1.82, 2.24) is 14.7 Å². The van der Waals surface area contributed by atoms with Gasteiger partial charge in [0.05, 0.1) is 19.2 Å². The lowest BCUT2D eigenvalue weighted by Crippen LogP contribution is -2.52. The molecule has 29 heavy (non-hydrogen) atoms. The minimum absolute atomic E-state index is 0.0184. The van der Waals surface area contributed by atoms with Crippen molar-refractivity contribution in [3.05, 3.63) is 0 Å². The van der Waals surface area contributed by atoms with Gasteiger partial charge in [0.1, 0.15) is 0 Å². The van der Waals surface area contributed by atoms with Crippen LogP contribution in [0.1, 0.15) is 46.0 Å². The number of hydrogen-bond donors (Lipinski definition) is 1. The third-order valence-corrected chi connectivity index (χ3v) is 6.71. The summed E-state index contributed by atoms with van der Waals surface area (Å²) in [4.78, 5) is 29.3. The van der Waals surface area contributed by atoms with Gasteiger partial charge in [0.25, 0.3) is 5.92 Å². The van der Waals surface area contributed by atoms with Gasteiger partial charge in [0.15, 0.2) is 0 Å². The summed E-state index contributed by atoms with van der Waals surface area (Å²) in [5.74, 6) is -3.02. The van der Waals surface area contributed by atoms with Gasteiger partial charge in [-0.25, -0.2) is 13.6 Å². The van der Waals surface area contributed by atoms with Gasteiger partial charge in [-0.3, -0.25) is 9.69 Å². The Balaban J connectivity index is 1.46. The van der Waals surface area contributed by atoms with Gasteiger partial charge < -0.3 is 20.3 Å². The molecule has 3 saturated heterocycles. The maximum absolute atomic E-state index is 13.8. The first-order valence-corrected chi connectivity index (χ1v) is 10.8. The van der Waals surface area contributed by atoms with E-state index in [1.54, 1.807) is 9.80 Å². The van der Waals surface area contributed by atoms with Crippen LogP contribution in [0.25, 0.3) is 0 Å². The summed E-state index contributed by atoms with van der Waals surface area (Å²) >= 11 is 0. The molecule has 3 rings (SSSR count). The number of alkyl halides is 2. The number of halogens is 2. The topological polar surface area (TPSA) is 79.1 Å². The number of carbonyl (C=O) groups is 2. The van der Waals surface area contributed by atoms with Gasteiger partial charge in [0.2, 0.25) is 5.91 Å². The Hall–Kier alpha value is -1.48. The van der Waals surface area contributed by atoms with E-state index in [2.05, 4.69) is 11.8 Å². The molecule has 166 valence electrons. The molecule has 3 aliphatic rings. The summed E-state index contributed by atoms with van der Waals surface area (Å²) in [6, 6.07) is -0.503. The Morgan fingerprint density at radius 3 is 2.52 bits per heavy atom. The van der Waals surface area contributed by atoms with E-state index in [9.17, 15) is 18.4 Å². The minimum Gasteiger partial charge on any atom is -0.450 e. The Morgan fingerprint density at radius 2 is 1.90 bits per heavy atom. The lowest BCUT2D eigenvalue weighted by molar-refractivity contribution is -0.123. The largest absolute Gasteiger partial charge is 0.450 e. The van der Waals surface area contributed by atoms with Crippen molar-refractivity contribution >= 4 is 12.0 Å². The van der Waals surface area contributed by atoms with Crippen molar-refractivity contribution in [2.45, 2.75) is 70.0 Å². The lowest BCUT2D eigenvalue weighted by Gasteiger charge is -2.41. The zero-order valence-electron chi connectivity index (χ0n) is 17.5. The van der Waals surface area contributed by atoms with E-state index in [1.807, 2.05) is 6.92 Å². The van der Waals surface area contributed by atoms with Crippen LogP contribution >= 0.6 is 0 Å². The fourth-order valence-corrected chi connectivity index (χ4v) is 5.18. The van der Waals surface area contributed by atoms with Crippen LogP contribution in [0.4, 0.5) is 13.6 Å². The van der Waals surface area contributed by atoms with E-state index >= 15 is 0 Å². The Bertz CT molecular complexity index is 598. The molecule has 0 aromatic rings. The molecule has 0 aromatic carbocycles. The van der Waals surface area contributed by atoms with E-state index in [1.165, 1.54) is 0 Å². The molecular weight excluding hydrogens is 382 g/mol. The molecule has 3 unspecified atom stereocenters. The van der Waals surface area contributed by atoms with Crippen molar-refractivity contribution in [2.75, 3.05) is 39.3 Å². The molecule has 0 aliphatic carbocycles. The highest BCUT2D eigenvalue weighted by Gasteiger charge is 2.50. The van der Waals surface area contributed by atoms with Crippen LogP contribution in [0.3, 0.4) is 0 Å². The van der Waals surface area contributed by atoms with Crippen molar-refractivity contribution < 1.29 is 23.1 Å². The first-order chi connectivity index (χ1) is 13.7. The average Bonchev–Trinajstić information content (AvgIpc) is 3.26. The smallest absolute Gasteiger partial charge is 0.409 e. The molecule has 0 aromatic heterocycles. The molecule has 2 N–H and O–H groups in total. The number of primary amides is 1. The number of piperidine rings is 1. The van der Waals surface area contributed by atoms with E-state index in [-0.39, 0.29) is 18.7 Å². The molecule has 3 fully saturated rings. The first kappa shape index (κ1) is 22.2. The fraction of sp³-hybridized carbons (Fsp3) is 0.900. The predicted molar refractivity (Wildman–Crippen MR) is 105 cm³/mol. The Kier molecular flexibility index (Phi) is 6.98. The maximum Gasteiger partial charge on any atom is 0.409 e. The highest BCUT2D eigenvalue weighted by Crippen LogP contribution is 2.36. The normalized spacial score (nSPS) is 29.9. The Morgan fingerprint density at radius 1 is 1.21 bits per heavy atom. The molecule has 9 heteroatoms. The molecule has 7 nitrogen and oxygen atoms in total. The minimum atomic E-state index is -2.84. The summed E-state index contributed by atoms with van der Waals surface area (Å²) < 4.78 is 32.7. The van der Waals surface area contributed by atoms with Gasteiger partial charge >= 0.3 is 6.09 Å². The fourth-order valence-electron chi connectivity index (χ4n) is 5.18. The second-order valence-electron chi connectivity index (χ2n) is 8.80. The van der Waals surface area contributed by atoms with E-state index < -0.39 is 24.3 Å². The molecule has 3 atom stereocenters. The third kappa shape index (κ3) is 5.36. The number of hydrogen-bond acceptors (Lipinski definition) is 5. The average molecular weight is 417 g/mol. The summed E-state index contributed by atoms with van der Waals surface area (Å²) in [5.41, 5.74) is 5.37. The third-order valence-electron chi connectivity index (χ3n) is 6.71. The van der Waals surface area contributed by atoms with Crippen LogP contribution < -0.4 is 5.73 Å². The van der Waals surface area contributed by atoms with Crippen LogP contribution in [0.15, 0.2) is 0 Å². The molecule has 0 radical (unpaired) electrons. The molecule has 3 heterocycles. The molecular formula is C20H34F2N4O3. The zero-order valence-corrected chi connectivity index (χ0v) is 17.5. The number of amides is 2. The summed E-state index contributed by atoms with van der Waals surface area (Å²) in [5, 5.41) is 0. The van der Waals surface area contributed by atoms with Gasteiger partial charge in [-0.1, -0.05) is 0 Å². The van der Waals surface area contributed by atoms with Crippen LogP contribution in [0.2, 0.25) is 0 Å². The molecule has 0 saturated carbocycles. The van der Waals surface area contributed by atoms with E-state index in [0.29, 0.717) is 18.6 Å². The monoisotopic (exact) mass is 416 g/mol. The quantitative estimate of drug-likeness (QED) is 0.716. The van der Waals surface area contributed by atoms with Crippen molar-refractivity contribution in [3.63, 3.8) is 0 Å². The van der Waals surface area contributed by atoms with E-state index in [4.69, 9.17) is 10.5 Å². The van der Waals surface area contributed by atoms with Crippen LogP contribution in [0.5, 0.6) is 0 Å². The number of ether oxygens (including phenoxy) is 1. The highest BCUT2D eigenvalue weighted by molar-refractivity contribution is 5.80. The zero-order chi connectivity index (χ0) is 21.2. The standard InChI is InChI=1S/C20H34F2N4O3/c1-3-29-19(28)25-7-4-15(12-25)10-14(2)24-8-5-16(6-9-24)26-13-20(21,22)11-17(26)18(23)27/h14-17H,3-13H2,1-2H3,(H2,23,27). The SMILES string of the molecule is CCOC(=O)N1CCC(CC(C)N2CCC(N3CC(F)(F)CC3C(N)=O)CC2)C1. The number of rotatable bonds is 6.